The Hall–Kier alpha value is -1.75. The first-order chi connectivity index (χ1) is 10.6. The van der Waals surface area contributed by atoms with Gasteiger partial charge in [-0.05, 0) is 53.8 Å². The molecule has 0 saturated carbocycles. The van der Waals surface area contributed by atoms with E-state index in [1.54, 1.807) is 6.07 Å². The van der Waals surface area contributed by atoms with Crippen LogP contribution >= 0.6 is 12.4 Å². The lowest BCUT2D eigenvalue weighted by Gasteiger charge is -2.40. The zero-order chi connectivity index (χ0) is 15.4. The quantitative estimate of drug-likeness (QED) is 0.702. The second-order valence-electron chi connectivity index (χ2n) is 6.25. The maximum atomic E-state index is 10.4. The van der Waals surface area contributed by atoms with Crippen molar-refractivity contribution in [3.05, 3.63) is 46.5 Å². The molecule has 2 aromatic carbocycles. The molecule has 122 valence electrons. The standard InChI is InChI=1S/C18H19NO3.ClH/c1-19-7-6-10-2-3-12(9-20)16-15(10)13(19)8-11-4-5-14(21)18(22)17(11)16;/h2-5,13,20-22H,6-9H2,1H3;1H/t13-;/m1./s1. The van der Waals surface area contributed by atoms with Crippen LogP contribution in [-0.2, 0) is 19.4 Å². The fourth-order valence-electron chi connectivity index (χ4n) is 3.94. The van der Waals surface area contributed by atoms with E-state index in [4.69, 9.17) is 0 Å². The highest BCUT2D eigenvalue weighted by atomic mass is 35.5. The zero-order valence-electron chi connectivity index (χ0n) is 12.9. The molecule has 0 unspecified atom stereocenters. The predicted molar refractivity (Wildman–Crippen MR) is 91.2 cm³/mol. The van der Waals surface area contributed by atoms with Gasteiger partial charge in [-0.1, -0.05) is 18.2 Å². The van der Waals surface area contributed by atoms with E-state index < -0.39 is 0 Å². The first kappa shape index (κ1) is 16.1. The van der Waals surface area contributed by atoms with E-state index >= 15 is 0 Å². The summed E-state index contributed by atoms with van der Waals surface area (Å²) in [6.45, 7) is 0.933. The molecule has 1 aliphatic carbocycles. The molecule has 0 radical (unpaired) electrons. The van der Waals surface area contributed by atoms with E-state index in [2.05, 4.69) is 18.0 Å². The van der Waals surface area contributed by atoms with Crippen molar-refractivity contribution in [1.29, 1.82) is 0 Å². The highest BCUT2D eigenvalue weighted by Crippen LogP contribution is 2.51. The number of aliphatic hydroxyl groups is 1. The van der Waals surface area contributed by atoms with Gasteiger partial charge in [0.05, 0.1) is 6.61 Å². The van der Waals surface area contributed by atoms with Crippen LogP contribution in [0.2, 0.25) is 0 Å². The number of hydrogen-bond acceptors (Lipinski definition) is 4. The number of hydrogen-bond donors (Lipinski definition) is 3. The molecule has 0 spiro atoms. The van der Waals surface area contributed by atoms with Crippen LogP contribution in [0.3, 0.4) is 0 Å². The zero-order valence-corrected chi connectivity index (χ0v) is 13.7. The van der Waals surface area contributed by atoms with Gasteiger partial charge in [0.2, 0.25) is 0 Å². The summed E-state index contributed by atoms with van der Waals surface area (Å²) in [5.74, 6) is -0.185. The van der Waals surface area contributed by atoms with Crippen molar-refractivity contribution in [1.82, 2.24) is 4.90 Å². The molecule has 1 aliphatic heterocycles. The van der Waals surface area contributed by atoms with Crippen molar-refractivity contribution in [2.24, 2.45) is 0 Å². The van der Waals surface area contributed by atoms with Gasteiger partial charge in [0.15, 0.2) is 11.5 Å². The average molecular weight is 334 g/mol. The topological polar surface area (TPSA) is 63.9 Å². The number of fused-ring (bicyclic) bond motifs is 2. The molecule has 5 heteroatoms. The summed E-state index contributed by atoms with van der Waals surface area (Å²) in [6, 6.07) is 7.72. The highest BCUT2D eigenvalue weighted by Gasteiger charge is 2.35. The second-order valence-corrected chi connectivity index (χ2v) is 6.25. The first-order valence-corrected chi connectivity index (χ1v) is 7.61. The summed E-state index contributed by atoms with van der Waals surface area (Å²) in [4.78, 5) is 2.33. The van der Waals surface area contributed by atoms with E-state index in [0.29, 0.717) is 5.56 Å². The molecule has 0 saturated heterocycles. The SMILES string of the molecule is CN1CCc2ccc(CO)c3c2[C@H]1Cc1ccc(O)c(O)c1-3.Cl. The Bertz CT molecular complexity index is 775. The van der Waals surface area contributed by atoms with Gasteiger partial charge in [-0.25, -0.2) is 0 Å². The Morgan fingerprint density at radius 2 is 1.83 bits per heavy atom. The number of halogens is 1. The molecule has 3 N–H and O–H groups in total. The summed E-state index contributed by atoms with van der Waals surface area (Å²) in [5.41, 5.74) is 5.91. The van der Waals surface area contributed by atoms with Crippen molar-refractivity contribution in [3.63, 3.8) is 0 Å². The fraction of sp³-hybridized carbons (Fsp3) is 0.333. The number of likely N-dealkylation sites (N-methyl/N-ethyl adjacent to an activating group) is 1. The van der Waals surface area contributed by atoms with Gasteiger partial charge in [-0.2, -0.15) is 0 Å². The molecule has 0 aromatic heterocycles. The summed E-state index contributed by atoms with van der Waals surface area (Å²) in [6.07, 6.45) is 1.78. The summed E-state index contributed by atoms with van der Waals surface area (Å²) < 4.78 is 0. The Morgan fingerprint density at radius 1 is 1.09 bits per heavy atom. The van der Waals surface area contributed by atoms with Gasteiger partial charge >= 0.3 is 0 Å². The number of aromatic hydroxyl groups is 2. The molecule has 2 aliphatic rings. The van der Waals surface area contributed by atoms with Gasteiger partial charge in [0, 0.05) is 18.2 Å². The van der Waals surface area contributed by atoms with E-state index in [9.17, 15) is 15.3 Å². The fourth-order valence-corrected chi connectivity index (χ4v) is 3.94. The average Bonchev–Trinajstić information content (AvgIpc) is 2.54. The number of rotatable bonds is 1. The Kier molecular flexibility index (Phi) is 4.00. The van der Waals surface area contributed by atoms with Crippen LogP contribution in [0, 0.1) is 0 Å². The Balaban J connectivity index is 0.00000156. The van der Waals surface area contributed by atoms with Gasteiger partial charge in [-0.3, -0.25) is 4.90 Å². The smallest absolute Gasteiger partial charge is 0.165 e. The molecule has 1 atom stereocenters. The third-order valence-electron chi connectivity index (χ3n) is 5.10. The van der Waals surface area contributed by atoms with Crippen LogP contribution in [-0.4, -0.2) is 33.8 Å². The maximum absolute atomic E-state index is 10.4. The molecular formula is C18H20ClNO3. The normalized spacial score (nSPS) is 18.8. The molecule has 0 fully saturated rings. The van der Waals surface area contributed by atoms with Gasteiger partial charge < -0.3 is 15.3 Å². The van der Waals surface area contributed by atoms with Crippen molar-refractivity contribution in [3.8, 4) is 22.6 Å². The molecule has 4 nitrogen and oxygen atoms in total. The van der Waals surface area contributed by atoms with Crippen LogP contribution in [0.25, 0.3) is 11.1 Å². The minimum Gasteiger partial charge on any atom is -0.504 e. The van der Waals surface area contributed by atoms with Gasteiger partial charge in [-0.15, -0.1) is 12.4 Å². The summed E-state index contributed by atoms with van der Waals surface area (Å²) in [7, 11) is 2.12. The van der Waals surface area contributed by atoms with Gasteiger partial charge in [0.1, 0.15) is 0 Å². The van der Waals surface area contributed by atoms with E-state index in [0.717, 1.165) is 36.1 Å². The van der Waals surface area contributed by atoms with E-state index in [1.165, 1.54) is 11.1 Å². The molecular weight excluding hydrogens is 314 g/mol. The lowest BCUT2D eigenvalue weighted by molar-refractivity contribution is 0.226. The highest BCUT2D eigenvalue weighted by molar-refractivity contribution is 5.85. The minimum atomic E-state index is -0.108. The summed E-state index contributed by atoms with van der Waals surface area (Å²) >= 11 is 0. The van der Waals surface area contributed by atoms with Crippen LogP contribution in [0.5, 0.6) is 11.5 Å². The number of phenolic OH excluding ortho intramolecular Hbond substituents is 2. The number of aliphatic hydroxyl groups excluding tert-OH is 1. The van der Waals surface area contributed by atoms with Gasteiger partial charge in [0.25, 0.3) is 0 Å². The van der Waals surface area contributed by atoms with Crippen molar-refractivity contribution >= 4 is 12.4 Å². The number of phenols is 2. The first-order valence-electron chi connectivity index (χ1n) is 7.61. The molecule has 1 heterocycles. The lowest BCUT2D eigenvalue weighted by atomic mass is 9.75. The van der Waals surface area contributed by atoms with Crippen LogP contribution in [0.4, 0.5) is 0 Å². The largest absolute Gasteiger partial charge is 0.504 e. The van der Waals surface area contributed by atoms with Crippen LogP contribution in [0.15, 0.2) is 24.3 Å². The number of benzene rings is 2. The van der Waals surface area contributed by atoms with Crippen molar-refractivity contribution < 1.29 is 15.3 Å². The molecule has 23 heavy (non-hydrogen) atoms. The minimum absolute atomic E-state index is 0. The molecule has 0 bridgehead atoms. The Morgan fingerprint density at radius 3 is 2.57 bits per heavy atom. The van der Waals surface area contributed by atoms with E-state index in [1.807, 2.05) is 12.1 Å². The summed E-state index contributed by atoms with van der Waals surface area (Å²) in [5, 5.41) is 30.1. The van der Waals surface area contributed by atoms with Crippen molar-refractivity contribution in [2.75, 3.05) is 13.6 Å². The van der Waals surface area contributed by atoms with Crippen LogP contribution < -0.4 is 0 Å². The third kappa shape index (κ3) is 2.21. The molecule has 0 amide bonds. The molecule has 4 rings (SSSR count). The second kappa shape index (κ2) is 5.71. The van der Waals surface area contributed by atoms with Crippen LogP contribution in [0.1, 0.15) is 28.3 Å². The predicted octanol–water partition coefficient (Wildman–Crippen LogP) is 2.76. The monoisotopic (exact) mass is 333 g/mol. The maximum Gasteiger partial charge on any atom is 0.165 e. The lowest BCUT2D eigenvalue weighted by Crippen LogP contribution is -2.35. The number of nitrogens with zero attached hydrogens (tertiary/aromatic N) is 1. The Labute approximate surface area is 141 Å². The van der Waals surface area contributed by atoms with Crippen molar-refractivity contribution in [2.45, 2.75) is 25.5 Å². The molecule has 2 aromatic rings. The third-order valence-corrected chi connectivity index (χ3v) is 5.10. The van der Waals surface area contributed by atoms with E-state index in [-0.39, 0.29) is 36.6 Å².